The van der Waals surface area contributed by atoms with Crippen molar-refractivity contribution >= 4 is 17.7 Å². The van der Waals surface area contributed by atoms with E-state index in [2.05, 4.69) is 9.88 Å². The van der Waals surface area contributed by atoms with E-state index in [1.54, 1.807) is 26.1 Å². The van der Waals surface area contributed by atoms with E-state index in [9.17, 15) is 9.59 Å². The number of carbonyl (C=O) groups is 2. The molecule has 0 atom stereocenters. The Kier molecular flexibility index (Phi) is 5.35. The van der Waals surface area contributed by atoms with Crippen LogP contribution in [0.5, 0.6) is 0 Å². The molecule has 6 nitrogen and oxygen atoms in total. The van der Waals surface area contributed by atoms with E-state index in [-0.39, 0.29) is 11.9 Å². The van der Waals surface area contributed by atoms with E-state index in [1.165, 1.54) is 0 Å². The van der Waals surface area contributed by atoms with Crippen LogP contribution in [0.4, 0.5) is 5.82 Å². The summed E-state index contributed by atoms with van der Waals surface area (Å²) in [4.78, 5) is 31.4. The van der Waals surface area contributed by atoms with Gasteiger partial charge >= 0.3 is 5.97 Å². The molecule has 2 rings (SSSR count). The number of amides is 1. The number of hydrogen-bond acceptors (Lipinski definition) is 5. The molecular formula is C16H23N3O3. The Morgan fingerprint density at radius 3 is 2.55 bits per heavy atom. The molecule has 120 valence electrons. The van der Waals surface area contributed by atoms with Gasteiger partial charge in [-0.05, 0) is 31.9 Å². The second-order valence-electron chi connectivity index (χ2n) is 5.47. The highest BCUT2D eigenvalue weighted by atomic mass is 16.5. The van der Waals surface area contributed by atoms with Crippen LogP contribution in [0.1, 0.15) is 37.0 Å². The van der Waals surface area contributed by atoms with Gasteiger partial charge in [-0.15, -0.1) is 0 Å². The molecule has 1 amide bonds. The first kappa shape index (κ1) is 16.3. The van der Waals surface area contributed by atoms with Crippen molar-refractivity contribution in [3.8, 4) is 0 Å². The maximum absolute atomic E-state index is 11.6. The van der Waals surface area contributed by atoms with Crippen molar-refractivity contribution < 1.29 is 14.3 Å². The van der Waals surface area contributed by atoms with Gasteiger partial charge in [-0.2, -0.15) is 0 Å². The zero-order valence-corrected chi connectivity index (χ0v) is 13.4. The Balaban J connectivity index is 1.94. The minimum Gasteiger partial charge on any atom is -0.462 e. The fourth-order valence-electron chi connectivity index (χ4n) is 2.65. The van der Waals surface area contributed by atoms with Crippen molar-refractivity contribution in [2.75, 3.05) is 31.6 Å². The molecule has 1 fully saturated rings. The van der Waals surface area contributed by atoms with Crippen molar-refractivity contribution in [3.05, 3.63) is 23.9 Å². The summed E-state index contributed by atoms with van der Waals surface area (Å²) < 4.78 is 4.95. The molecule has 1 saturated heterocycles. The van der Waals surface area contributed by atoms with Gasteiger partial charge in [-0.25, -0.2) is 9.78 Å². The molecule has 22 heavy (non-hydrogen) atoms. The van der Waals surface area contributed by atoms with Crippen LogP contribution in [0.2, 0.25) is 0 Å². The van der Waals surface area contributed by atoms with Gasteiger partial charge in [0.25, 0.3) is 0 Å². The fourth-order valence-corrected chi connectivity index (χ4v) is 2.65. The SMILES string of the molecule is CCOC(=O)c1ccc(N2CCC(N(C)C(C)=O)CC2)nc1. The van der Waals surface area contributed by atoms with Crippen molar-refractivity contribution in [3.63, 3.8) is 0 Å². The Labute approximate surface area is 131 Å². The molecule has 1 aliphatic heterocycles. The predicted octanol–water partition coefficient (Wildman–Crippen LogP) is 1.71. The number of aromatic nitrogens is 1. The van der Waals surface area contributed by atoms with Gasteiger partial charge in [0.2, 0.25) is 5.91 Å². The monoisotopic (exact) mass is 305 g/mol. The number of nitrogens with zero attached hydrogens (tertiary/aromatic N) is 3. The third kappa shape index (κ3) is 3.75. The number of esters is 1. The average Bonchev–Trinajstić information content (AvgIpc) is 2.54. The lowest BCUT2D eigenvalue weighted by atomic mass is 10.0. The number of piperidine rings is 1. The minimum absolute atomic E-state index is 0.107. The number of anilines is 1. The summed E-state index contributed by atoms with van der Waals surface area (Å²) in [6, 6.07) is 3.89. The van der Waals surface area contributed by atoms with E-state index in [4.69, 9.17) is 4.74 Å². The van der Waals surface area contributed by atoms with Crippen LogP contribution in [-0.4, -0.2) is 54.5 Å². The Bertz CT molecular complexity index is 522. The Hall–Kier alpha value is -2.11. The number of pyridine rings is 1. The van der Waals surface area contributed by atoms with Gasteiger partial charge in [0, 0.05) is 39.3 Å². The van der Waals surface area contributed by atoms with Crippen LogP contribution in [0.25, 0.3) is 0 Å². The van der Waals surface area contributed by atoms with Crippen LogP contribution in [0, 0.1) is 0 Å². The Morgan fingerprint density at radius 2 is 2.05 bits per heavy atom. The van der Waals surface area contributed by atoms with Crippen LogP contribution in [0.3, 0.4) is 0 Å². The van der Waals surface area contributed by atoms with Gasteiger partial charge in [0.05, 0.1) is 12.2 Å². The topological polar surface area (TPSA) is 62.7 Å². The summed E-state index contributed by atoms with van der Waals surface area (Å²) in [5, 5.41) is 0. The van der Waals surface area contributed by atoms with Gasteiger partial charge < -0.3 is 14.5 Å². The van der Waals surface area contributed by atoms with E-state index >= 15 is 0 Å². The first-order valence-electron chi connectivity index (χ1n) is 7.64. The lowest BCUT2D eigenvalue weighted by Gasteiger charge is -2.36. The summed E-state index contributed by atoms with van der Waals surface area (Å²) in [7, 11) is 1.86. The van der Waals surface area contributed by atoms with E-state index in [0.717, 1.165) is 31.7 Å². The smallest absolute Gasteiger partial charge is 0.339 e. The second kappa shape index (κ2) is 7.24. The lowest BCUT2D eigenvalue weighted by Crippen LogP contribution is -2.45. The standard InChI is InChI=1S/C16H23N3O3/c1-4-22-16(21)13-5-6-15(17-11-13)19-9-7-14(8-10-19)18(3)12(2)20/h5-6,11,14H,4,7-10H2,1-3H3. The molecule has 0 unspecified atom stereocenters. The number of hydrogen-bond donors (Lipinski definition) is 0. The van der Waals surface area contributed by atoms with E-state index in [0.29, 0.717) is 18.2 Å². The molecule has 0 aliphatic carbocycles. The molecule has 0 N–H and O–H groups in total. The predicted molar refractivity (Wildman–Crippen MR) is 83.9 cm³/mol. The van der Waals surface area contributed by atoms with Gasteiger partial charge in [0.15, 0.2) is 0 Å². The summed E-state index contributed by atoms with van der Waals surface area (Å²) in [5.41, 5.74) is 0.469. The quantitative estimate of drug-likeness (QED) is 0.792. The third-order valence-electron chi connectivity index (χ3n) is 4.09. The van der Waals surface area contributed by atoms with Crippen LogP contribution in [0.15, 0.2) is 18.3 Å². The zero-order chi connectivity index (χ0) is 16.1. The van der Waals surface area contributed by atoms with Crippen molar-refractivity contribution in [2.45, 2.75) is 32.7 Å². The highest BCUT2D eigenvalue weighted by Crippen LogP contribution is 2.20. The van der Waals surface area contributed by atoms with Gasteiger partial charge in [0.1, 0.15) is 5.82 Å². The summed E-state index contributed by atoms with van der Waals surface area (Å²) in [6.07, 6.45) is 3.41. The van der Waals surface area contributed by atoms with Crippen LogP contribution < -0.4 is 4.90 Å². The van der Waals surface area contributed by atoms with Gasteiger partial charge in [-0.1, -0.05) is 0 Å². The van der Waals surface area contributed by atoms with Crippen LogP contribution >= 0.6 is 0 Å². The van der Waals surface area contributed by atoms with Crippen molar-refractivity contribution in [2.24, 2.45) is 0 Å². The molecule has 0 aromatic carbocycles. The fraction of sp³-hybridized carbons (Fsp3) is 0.562. The van der Waals surface area contributed by atoms with Gasteiger partial charge in [-0.3, -0.25) is 4.79 Å². The molecule has 0 bridgehead atoms. The third-order valence-corrected chi connectivity index (χ3v) is 4.09. The number of rotatable bonds is 4. The highest BCUT2D eigenvalue weighted by molar-refractivity contribution is 5.89. The maximum Gasteiger partial charge on any atom is 0.339 e. The summed E-state index contributed by atoms with van der Waals surface area (Å²) in [6.45, 7) is 5.45. The maximum atomic E-state index is 11.6. The lowest BCUT2D eigenvalue weighted by molar-refractivity contribution is -0.129. The molecule has 1 aliphatic rings. The number of carbonyl (C=O) groups excluding carboxylic acids is 2. The second-order valence-corrected chi connectivity index (χ2v) is 5.47. The van der Waals surface area contributed by atoms with Crippen LogP contribution in [-0.2, 0) is 9.53 Å². The van der Waals surface area contributed by atoms with Crippen molar-refractivity contribution in [1.29, 1.82) is 0 Å². The largest absolute Gasteiger partial charge is 0.462 e. The van der Waals surface area contributed by atoms with E-state index in [1.807, 2.05) is 18.0 Å². The molecule has 6 heteroatoms. The molecule has 0 saturated carbocycles. The molecule has 1 aromatic rings. The van der Waals surface area contributed by atoms with E-state index < -0.39 is 0 Å². The number of ether oxygens (including phenoxy) is 1. The summed E-state index contributed by atoms with van der Waals surface area (Å²) in [5.74, 6) is 0.621. The first-order valence-corrected chi connectivity index (χ1v) is 7.64. The molecule has 1 aromatic heterocycles. The summed E-state index contributed by atoms with van der Waals surface area (Å²) >= 11 is 0. The molecule has 0 spiro atoms. The normalized spacial score (nSPS) is 15.5. The zero-order valence-electron chi connectivity index (χ0n) is 13.4. The minimum atomic E-state index is -0.344. The molecule has 2 heterocycles. The highest BCUT2D eigenvalue weighted by Gasteiger charge is 2.24. The average molecular weight is 305 g/mol. The Morgan fingerprint density at radius 1 is 1.36 bits per heavy atom. The van der Waals surface area contributed by atoms with Crippen molar-refractivity contribution in [1.82, 2.24) is 9.88 Å². The molecule has 0 radical (unpaired) electrons. The first-order chi connectivity index (χ1) is 10.5. The molecular weight excluding hydrogens is 282 g/mol.